The maximum atomic E-state index is 14.3. The van der Waals surface area contributed by atoms with E-state index in [4.69, 9.17) is 4.74 Å². The Bertz CT molecular complexity index is 979. The maximum Gasteiger partial charge on any atom is 0.309 e. The molecule has 2 aliphatic rings. The smallest absolute Gasteiger partial charge is 0.309 e. The van der Waals surface area contributed by atoms with Gasteiger partial charge in [-0.05, 0) is 94.9 Å². The molecule has 4 rings (SSSR count). The summed E-state index contributed by atoms with van der Waals surface area (Å²) in [4.78, 5) is 17.1. The standard InChI is InChI=1S/C28H36F2N2O2/c1-28(2,3)34-27(33)21-12-15-31(16-13-21)17-18-32-14-4-5-24(20-6-8-22(29)9-7-20)25-11-10-23(30)19-26(25)32/h6-11,19,21,24H,4-5,12-18H2,1-3H3. The number of piperidine rings is 1. The van der Waals surface area contributed by atoms with Crippen molar-refractivity contribution in [1.29, 1.82) is 0 Å². The summed E-state index contributed by atoms with van der Waals surface area (Å²) in [5, 5.41) is 0. The van der Waals surface area contributed by atoms with E-state index in [9.17, 15) is 13.6 Å². The van der Waals surface area contributed by atoms with Crippen molar-refractivity contribution in [3.63, 3.8) is 0 Å². The molecule has 2 aromatic carbocycles. The number of halogens is 2. The number of carbonyl (C=O) groups is 1. The highest BCUT2D eigenvalue weighted by molar-refractivity contribution is 5.73. The Kier molecular flexibility index (Phi) is 7.56. The second-order valence-electron chi connectivity index (χ2n) is 10.6. The maximum absolute atomic E-state index is 14.3. The molecule has 2 aliphatic heterocycles. The summed E-state index contributed by atoms with van der Waals surface area (Å²) in [6, 6.07) is 11.8. The van der Waals surface area contributed by atoms with Crippen molar-refractivity contribution in [3.05, 3.63) is 65.2 Å². The van der Waals surface area contributed by atoms with Crippen LogP contribution in [0.4, 0.5) is 14.5 Å². The van der Waals surface area contributed by atoms with Crippen molar-refractivity contribution >= 4 is 11.7 Å². The van der Waals surface area contributed by atoms with Gasteiger partial charge in [-0.25, -0.2) is 8.78 Å². The number of hydrogen-bond acceptors (Lipinski definition) is 4. The van der Waals surface area contributed by atoms with Crippen LogP contribution in [0.15, 0.2) is 42.5 Å². The first kappa shape index (κ1) is 24.6. The van der Waals surface area contributed by atoms with E-state index in [0.717, 1.165) is 75.2 Å². The first-order valence-electron chi connectivity index (χ1n) is 12.4. The molecule has 1 saturated heterocycles. The Balaban J connectivity index is 1.40. The molecule has 1 atom stereocenters. The monoisotopic (exact) mass is 470 g/mol. The third-order valence-corrected chi connectivity index (χ3v) is 6.92. The van der Waals surface area contributed by atoms with Crippen molar-refractivity contribution < 1.29 is 18.3 Å². The number of esters is 1. The van der Waals surface area contributed by atoms with Gasteiger partial charge in [-0.1, -0.05) is 18.2 Å². The largest absolute Gasteiger partial charge is 0.460 e. The molecule has 0 radical (unpaired) electrons. The van der Waals surface area contributed by atoms with Crippen LogP contribution in [0.5, 0.6) is 0 Å². The minimum absolute atomic E-state index is 0.0278. The minimum atomic E-state index is -0.449. The first-order chi connectivity index (χ1) is 16.2. The molecule has 0 spiro atoms. The van der Waals surface area contributed by atoms with Crippen molar-refractivity contribution in [3.8, 4) is 0 Å². The van der Waals surface area contributed by atoms with Gasteiger partial charge in [-0.2, -0.15) is 0 Å². The Morgan fingerprint density at radius 3 is 2.29 bits per heavy atom. The van der Waals surface area contributed by atoms with Gasteiger partial charge in [-0.3, -0.25) is 4.79 Å². The zero-order valence-electron chi connectivity index (χ0n) is 20.5. The van der Waals surface area contributed by atoms with Gasteiger partial charge in [0, 0.05) is 31.2 Å². The Labute approximate surface area is 201 Å². The lowest BCUT2D eigenvalue weighted by Gasteiger charge is -2.34. The lowest BCUT2D eigenvalue weighted by molar-refractivity contribution is -0.161. The molecule has 2 heterocycles. The van der Waals surface area contributed by atoms with Crippen LogP contribution in [0.25, 0.3) is 0 Å². The average molecular weight is 471 g/mol. The molecule has 0 bridgehead atoms. The molecular formula is C28H36F2N2O2. The molecule has 0 aliphatic carbocycles. The van der Waals surface area contributed by atoms with Gasteiger partial charge in [-0.15, -0.1) is 0 Å². The molecule has 6 heteroatoms. The average Bonchev–Trinajstić information content (AvgIpc) is 2.96. The van der Waals surface area contributed by atoms with Gasteiger partial charge in [0.25, 0.3) is 0 Å². The van der Waals surface area contributed by atoms with Crippen LogP contribution in [-0.4, -0.2) is 49.2 Å². The zero-order chi connectivity index (χ0) is 24.3. The van der Waals surface area contributed by atoms with E-state index in [1.54, 1.807) is 6.07 Å². The number of rotatable bonds is 5. The number of nitrogens with zero attached hydrogens (tertiary/aromatic N) is 2. The number of benzene rings is 2. The van der Waals surface area contributed by atoms with Gasteiger partial charge < -0.3 is 14.5 Å². The predicted octanol–water partition coefficient (Wildman–Crippen LogP) is 5.75. The highest BCUT2D eigenvalue weighted by Gasteiger charge is 2.30. The van der Waals surface area contributed by atoms with Crippen LogP contribution < -0.4 is 4.90 Å². The normalized spacial score (nSPS) is 20.0. The molecule has 184 valence electrons. The highest BCUT2D eigenvalue weighted by Crippen LogP contribution is 2.39. The summed E-state index contributed by atoms with van der Waals surface area (Å²) >= 11 is 0. The molecule has 1 unspecified atom stereocenters. The lowest BCUT2D eigenvalue weighted by atomic mass is 9.87. The van der Waals surface area contributed by atoms with E-state index in [0.29, 0.717) is 0 Å². The quantitative estimate of drug-likeness (QED) is 0.521. The van der Waals surface area contributed by atoms with Crippen LogP contribution in [0.2, 0.25) is 0 Å². The molecule has 0 N–H and O–H groups in total. The summed E-state index contributed by atoms with van der Waals surface area (Å²) in [5.74, 6) is -0.461. The van der Waals surface area contributed by atoms with Gasteiger partial charge >= 0.3 is 5.97 Å². The van der Waals surface area contributed by atoms with Crippen molar-refractivity contribution in [2.24, 2.45) is 5.92 Å². The summed E-state index contributed by atoms with van der Waals surface area (Å²) in [5.41, 5.74) is 2.67. The summed E-state index contributed by atoms with van der Waals surface area (Å²) in [6.45, 7) is 10.00. The molecule has 34 heavy (non-hydrogen) atoms. The van der Waals surface area contributed by atoms with E-state index < -0.39 is 5.60 Å². The van der Waals surface area contributed by atoms with E-state index in [1.165, 1.54) is 18.2 Å². The molecule has 1 fully saturated rings. The number of fused-ring (bicyclic) bond motifs is 1. The van der Waals surface area contributed by atoms with E-state index in [-0.39, 0.29) is 29.4 Å². The molecule has 0 saturated carbocycles. The second kappa shape index (κ2) is 10.4. The number of likely N-dealkylation sites (tertiary alicyclic amines) is 1. The Hall–Kier alpha value is -2.47. The van der Waals surface area contributed by atoms with Crippen LogP contribution in [-0.2, 0) is 9.53 Å². The Morgan fingerprint density at radius 2 is 1.62 bits per heavy atom. The number of ether oxygens (including phenoxy) is 1. The van der Waals surface area contributed by atoms with Crippen molar-refractivity contribution in [2.45, 2.75) is 58.0 Å². The van der Waals surface area contributed by atoms with Crippen LogP contribution in [0, 0.1) is 17.6 Å². The van der Waals surface area contributed by atoms with Gasteiger partial charge in [0.05, 0.1) is 5.92 Å². The topological polar surface area (TPSA) is 32.8 Å². The fraction of sp³-hybridized carbons (Fsp3) is 0.536. The summed E-state index contributed by atoms with van der Waals surface area (Å²) in [6.07, 6.45) is 3.56. The number of carbonyl (C=O) groups excluding carboxylic acids is 1. The highest BCUT2D eigenvalue weighted by atomic mass is 19.1. The van der Waals surface area contributed by atoms with Gasteiger partial charge in [0.2, 0.25) is 0 Å². The molecule has 4 nitrogen and oxygen atoms in total. The predicted molar refractivity (Wildman–Crippen MR) is 131 cm³/mol. The third kappa shape index (κ3) is 6.15. The number of hydrogen-bond donors (Lipinski definition) is 0. The fourth-order valence-corrected chi connectivity index (χ4v) is 5.16. The van der Waals surface area contributed by atoms with E-state index in [2.05, 4.69) is 9.80 Å². The van der Waals surface area contributed by atoms with Crippen LogP contribution >= 0.6 is 0 Å². The fourth-order valence-electron chi connectivity index (χ4n) is 5.16. The summed E-state index contributed by atoms with van der Waals surface area (Å²) < 4.78 is 33.3. The first-order valence-corrected chi connectivity index (χ1v) is 12.4. The zero-order valence-corrected chi connectivity index (χ0v) is 20.5. The van der Waals surface area contributed by atoms with Gasteiger partial charge in [0.1, 0.15) is 17.2 Å². The third-order valence-electron chi connectivity index (χ3n) is 6.92. The van der Waals surface area contributed by atoms with Crippen molar-refractivity contribution in [1.82, 2.24) is 4.90 Å². The summed E-state index contributed by atoms with van der Waals surface area (Å²) in [7, 11) is 0. The number of anilines is 1. The molecule has 2 aromatic rings. The second-order valence-corrected chi connectivity index (χ2v) is 10.6. The molecular weight excluding hydrogens is 434 g/mol. The Morgan fingerprint density at radius 1 is 0.941 bits per heavy atom. The van der Waals surface area contributed by atoms with E-state index in [1.807, 2.05) is 39.0 Å². The van der Waals surface area contributed by atoms with E-state index >= 15 is 0 Å². The van der Waals surface area contributed by atoms with Gasteiger partial charge in [0.15, 0.2) is 0 Å². The molecule has 0 amide bonds. The van der Waals surface area contributed by atoms with Crippen molar-refractivity contribution in [2.75, 3.05) is 37.6 Å². The minimum Gasteiger partial charge on any atom is -0.460 e. The lowest BCUT2D eigenvalue weighted by Crippen LogP contribution is -2.42. The van der Waals surface area contributed by atoms with Crippen LogP contribution in [0.3, 0.4) is 0 Å². The SMILES string of the molecule is CC(C)(C)OC(=O)C1CCN(CCN2CCCC(c3ccc(F)cc3)c3ccc(F)cc32)CC1. The molecule has 0 aromatic heterocycles. The van der Waals surface area contributed by atoms with Crippen LogP contribution in [0.1, 0.15) is 63.5 Å².